The zero-order chi connectivity index (χ0) is 12.5. The molecule has 2 fully saturated rings. The standard InChI is InChI=1S/C14H20N2OS/c1-11-7-13(18-10-11)14(17)16-6-5-15-4-2-3-12(8-15)9-16/h7,10,12H,2-6,8-9H2,1H3. The number of aryl methyl sites for hydroxylation is 1. The molecule has 2 saturated heterocycles. The molecule has 3 rings (SSSR count). The van der Waals surface area contributed by atoms with Crippen LogP contribution in [0.25, 0.3) is 0 Å². The quantitative estimate of drug-likeness (QED) is 0.776. The fourth-order valence-corrected chi connectivity index (χ4v) is 3.92. The molecule has 3 heterocycles. The molecule has 98 valence electrons. The average molecular weight is 264 g/mol. The van der Waals surface area contributed by atoms with E-state index >= 15 is 0 Å². The van der Waals surface area contributed by atoms with Crippen LogP contribution in [0.5, 0.6) is 0 Å². The van der Waals surface area contributed by atoms with Crippen molar-refractivity contribution >= 4 is 17.2 Å². The fraction of sp³-hybridized carbons (Fsp3) is 0.643. The molecule has 0 aromatic carbocycles. The minimum absolute atomic E-state index is 0.238. The second-order valence-corrected chi connectivity index (χ2v) is 6.46. The summed E-state index contributed by atoms with van der Waals surface area (Å²) in [7, 11) is 0. The van der Waals surface area contributed by atoms with Crippen molar-refractivity contribution in [1.82, 2.24) is 9.80 Å². The van der Waals surface area contributed by atoms with Crippen molar-refractivity contribution in [2.24, 2.45) is 5.92 Å². The topological polar surface area (TPSA) is 23.6 Å². The van der Waals surface area contributed by atoms with Crippen LogP contribution in [0.1, 0.15) is 28.1 Å². The highest BCUT2D eigenvalue weighted by atomic mass is 32.1. The number of hydrogen-bond acceptors (Lipinski definition) is 3. The van der Waals surface area contributed by atoms with Crippen molar-refractivity contribution in [2.45, 2.75) is 19.8 Å². The van der Waals surface area contributed by atoms with Gasteiger partial charge in [-0.1, -0.05) is 0 Å². The first-order valence-electron chi connectivity index (χ1n) is 6.79. The molecule has 3 nitrogen and oxygen atoms in total. The van der Waals surface area contributed by atoms with E-state index in [9.17, 15) is 4.79 Å². The van der Waals surface area contributed by atoms with E-state index in [4.69, 9.17) is 0 Å². The molecule has 2 atom stereocenters. The summed E-state index contributed by atoms with van der Waals surface area (Å²) in [5, 5.41) is 2.06. The van der Waals surface area contributed by atoms with Gasteiger partial charge in [0.15, 0.2) is 0 Å². The first kappa shape index (κ1) is 12.2. The van der Waals surface area contributed by atoms with Crippen LogP contribution in [-0.4, -0.2) is 48.4 Å². The summed E-state index contributed by atoms with van der Waals surface area (Å²) >= 11 is 1.58. The van der Waals surface area contributed by atoms with E-state index in [-0.39, 0.29) is 5.91 Å². The molecule has 1 amide bonds. The smallest absolute Gasteiger partial charge is 0.263 e. The van der Waals surface area contributed by atoms with E-state index in [1.54, 1.807) is 11.3 Å². The maximum atomic E-state index is 12.5. The van der Waals surface area contributed by atoms with Gasteiger partial charge in [-0.15, -0.1) is 11.3 Å². The number of carbonyl (C=O) groups excluding carboxylic acids is 1. The first-order chi connectivity index (χ1) is 8.72. The van der Waals surface area contributed by atoms with Crippen LogP contribution in [0.15, 0.2) is 11.4 Å². The van der Waals surface area contributed by atoms with Crippen molar-refractivity contribution in [2.75, 3.05) is 32.7 Å². The van der Waals surface area contributed by atoms with E-state index in [0.717, 1.165) is 24.5 Å². The van der Waals surface area contributed by atoms with E-state index < -0.39 is 0 Å². The Morgan fingerprint density at radius 3 is 3.00 bits per heavy atom. The number of rotatable bonds is 1. The zero-order valence-electron chi connectivity index (χ0n) is 10.9. The molecule has 2 aliphatic heterocycles. The van der Waals surface area contributed by atoms with Gasteiger partial charge in [0.2, 0.25) is 0 Å². The Balaban J connectivity index is 1.73. The van der Waals surface area contributed by atoms with E-state index in [1.807, 2.05) is 6.07 Å². The normalized spacial score (nSPS) is 27.9. The van der Waals surface area contributed by atoms with Gasteiger partial charge in [0.25, 0.3) is 5.91 Å². The highest BCUT2D eigenvalue weighted by molar-refractivity contribution is 7.12. The van der Waals surface area contributed by atoms with Crippen LogP contribution in [0.3, 0.4) is 0 Å². The number of fused-ring (bicyclic) bond motifs is 2. The third-order valence-corrected chi connectivity index (χ3v) is 5.03. The lowest BCUT2D eigenvalue weighted by Gasteiger charge is -2.29. The second kappa shape index (κ2) is 5.02. The van der Waals surface area contributed by atoms with Crippen LogP contribution in [0.2, 0.25) is 0 Å². The molecule has 2 bridgehead atoms. The average Bonchev–Trinajstić information content (AvgIpc) is 2.74. The fourth-order valence-electron chi connectivity index (χ4n) is 3.05. The Labute approximate surface area is 112 Å². The molecular formula is C14H20N2OS. The predicted octanol–water partition coefficient (Wildman–Crippen LogP) is 2.22. The number of nitrogens with zero attached hydrogens (tertiary/aromatic N) is 2. The summed E-state index contributed by atoms with van der Waals surface area (Å²) in [5.74, 6) is 0.924. The van der Waals surface area contributed by atoms with Crippen LogP contribution in [0, 0.1) is 12.8 Å². The molecule has 1 aromatic rings. The van der Waals surface area contributed by atoms with Gasteiger partial charge in [-0.05, 0) is 49.2 Å². The molecule has 2 unspecified atom stereocenters. The van der Waals surface area contributed by atoms with Crippen molar-refractivity contribution in [3.8, 4) is 0 Å². The Hall–Kier alpha value is -0.870. The Bertz CT molecular complexity index is 443. The molecule has 0 radical (unpaired) electrons. The van der Waals surface area contributed by atoms with E-state index in [0.29, 0.717) is 5.92 Å². The largest absolute Gasteiger partial charge is 0.336 e. The van der Waals surface area contributed by atoms with Crippen molar-refractivity contribution < 1.29 is 4.79 Å². The summed E-state index contributed by atoms with van der Waals surface area (Å²) in [6.45, 7) is 7.35. The van der Waals surface area contributed by atoms with Gasteiger partial charge in [0.1, 0.15) is 0 Å². The van der Waals surface area contributed by atoms with Gasteiger partial charge in [-0.2, -0.15) is 0 Å². The van der Waals surface area contributed by atoms with Crippen LogP contribution in [0.4, 0.5) is 0 Å². The van der Waals surface area contributed by atoms with Crippen LogP contribution in [-0.2, 0) is 0 Å². The van der Waals surface area contributed by atoms with Crippen molar-refractivity contribution in [1.29, 1.82) is 0 Å². The number of amides is 1. The highest BCUT2D eigenvalue weighted by Crippen LogP contribution is 2.23. The van der Waals surface area contributed by atoms with Gasteiger partial charge in [0.05, 0.1) is 4.88 Å². The summed E-state index contributed by atoms with van der Waals surface area (Å²) < 4.78 is 0. The molecular weight excluding hydrogens is 244 g/mol. The van der Waals surface area contributed by atoms with Gasteiger partial charge in [0, 0.05) is 26.2 Å². The zero-order valence-corrected chi connectivity index (χ0v) is 11.7. The van der Waals surface area contributed by atoms with Crippen molar-refractivity contribution in [3.63, 3.8) is 0 Å². The van der Waals surface area contributed by atoms with E-state index in [1.165, 1.54) is 31.5 Å². The molecule has 0 spiro atoms. The number of piperidine rings is 1. The molecule has 2 aliphatic rings. The first-order valence-corrected chi connectivity index (χ1v) is 7.67. The Morgan fingerprint density at radius 1 is 1.33 bits per heavy atom. The lowest BCUT2D eigenvalue weighted by molar-refractivity contribution is 0.0751. The maximum absolute atomic E-state index is 12.5. The van der Waals surface area contributed by atoms with Crippen molar-refractivity contribution in [3.05, 3.63) is 21.9 Å². The SMILES string of the molecule is Cc1csc(C(=O)N2CCN3CCCC(C3)C2)c1. The Kier molecular flexibility index (Phi) is 3.39. The predicted molar refractivity (Wildman–Crippen MR) is 74.1 cm³/mol. The third kappa shape index (κ3) is 2.45. The summed E-state index contributed by atoms with van der Waals surface area (Å²) in [5.41, 5.74) is 1.20. The maximum Gasteiger partial charge on any atom is 0.263 e. The monoisotopic (exact) mass is 264 g/mol. The van der Waals surface area contributed by atoms with Gasteiger partial charge in [-0.25, -0.2) is 0 Å². The lowest BCUT2D eigenvalue weighted by Crippen LogP contribution is -2.35. The van der Waals surface area contributed by atoms with E-state index in [2.05, 4.69) is 22.1 Å². The third-order valence-electron chi connectivity index (χ3n) is 4.00. The molecule has 1 aromatic heterocycles. The highest BCUT2D eigenvalue weighted by Gasteiger charge is 2.28. The molecule has 4 heteroatoms. The van der Waals surface area contributed by atoms with Crippen LogP contribution >= 0.6 is 11.3 Å². The molecule has 18 heavy (non-hydrogen) atoms. The Morgan fingerprint density at radius 2 is 2.22 bits per heavy atom. The number of hydrogen-bond donors (Lipinski definition) is 0. The second-order valence-electron chi connectivity index (χ2n) is 5.55. The summed E-state index contributed by atoms with van der Waals surface area (Å²) in [6, 6.07) is 2.02. The van der Waals surface area contributed by atoms with Crippen LogP contribution < -0.4 is 0 Å². The lowest BCUT2D eigenvalue weighted by atomic mass is 9.98. The number of thiophene rings is 1. The minimum Gasteiger partial charge on any atom is -0.336 e. The molecule has 0 aliphatic carbocycles. The van der Waals surface area contributed by atoms with Gasteiger partial charge in [-0.3, -0.25) is 4.79 Å². The number of carbonyl (C=O) groups is 1. The molecule has 0 saturated carbocycles. The molecule has 0 N–H and O–H groups in total. The summed E-state index contributed by atoms with van der Waals surface area (Å²) in [4.78, 5) is 18.0. The minimum atomic E-state index is 0.238. The van der Waals surface area contributed by atoms with Gasteiger partial charge < -0.3 is 9.80 Å². The van der Waals surface area contributed by atoms with Gasteiger partial charge >= 0.3 is 0 Å². The summed E-state index contributed by atoms with van der Waals surface area (Å²) in [6.07, 6.45) is 2.58.